The molecule has 0 amide bonds. The normalized spacial score (nSPS) is 17.9. The van der Waals surface area contributed by atoms with Crippen LogP contribution in [0.15, 0.2) is 53.7 Å². The van der Waals surface area contributed by atoms with Gasteiger partial charge in [0.2, 0.25) is 5.13 Å². The smallest absolute Gasteiger partial charge is 0.416 e. The Kier molecular flexibility index (Phi) is 7.60. The van der Waals surface area contributed by atoms with Crippen molar-refractivity contribution in [1.82, 2.24) is 14.7 Å². The number of anilines is 1. The number of sulfonamides is 1. The molecule has 2 aromatic carbocycles. The topological polar surface area (TPSA) is 93.2 Å². The number of aromatic nitrogens is 2. The highest BCUT2D eigenvalue weighted by molar-refractivity contribution is 7.93. The lowest BCUT2D eigenvalue weighted by molar-refractivity contribution is -0.137. The number of nitrogens with zero attached hydrogens (tertiary/aromatic N) is 2. The van der Waals surface area contributed by atoms with Crippen LogP contribution in [-0.2, 0) is 16.2 Å². The second-order valence-corrected chi connectivity index (χ2v) is 10.7. The van der Waals surface area contributed by atoms with E-state index in [2.05, 4.69) is 19.4 Å². The van der Waals surface area contributed by atoms with Crippen LogP contribution < -0.4 is 14.8 Å². The lowest BCUT2D eigenvalue weighted by Crippen LogP contribution is -2.22. The Morgan fingerprint density at radius 1 is 1.14 bits per heavy atom. The minimum absolute atomic E-state index is 0. The summed E-state index contributed by atoms with van der Waals surface area (Å²) in [7, 11) is -3.91. The van der Waals surface area contributed by atoms with Gasteiger partial charge in [-0.3, -0.25) is 4.72 Å². The molecule has 5 rings (SSSR count). The third-order valence-corrected chi connectivity index (χ3v) is 8.13. The van der Waals surface area contributed by atoms with Crippen molar-refractivity contribution in [1.29, 1.82) is 0 Å². The van der Waals surface area contributed by atoms with Crippen LogP contribution in [0.1, 0.15) is 41.0 Å². The summed E-state index contributed by atoms with van der Waals surface area (Å²) in [5.74, 6) is 0.159. The molecule has 13 heteroatoms. The van der Waals surface area contributed by atoms with Crippen molar-refractivity contribution >= 4 is 44.7 Å². The maximum Gasteiger partial charge on any atom is 0.416 e. The summed E-state index contributed by atoms with van der Waals surface area (Å²) in [6, 6.07) is 8.47. The summed E-state index contributed by atoms with van der Waals surface area (Å²) in [5, 5.41) is 3.34. The average molecular weight is 559 g/mol. The Hall–Kier alpha value is -2.67. The van der Waals surface area contributed by atoms with E-state index in [9.17, 15) is 21.6 Å². The van der Waals surface area contributed by atoms with E-state index in [0.717, 1.165) is 34.3 Å². The molecule has 2 aliphatic rings. The van der Waals surface area contributed by atoms with Gasteiger partial charge in [-0.15, -0.1) is 12.4 Å². The molecule has 1 atom stereocenters. The molecule has 0 spiro atoms. The van der Waals surface area contributed by atoms with E-state index in [1.54, 1.807) is 12.1 Å². The number of benzene rings is 2. The van der Waals surface area contributed by atoms with Crippen molar-refractivity contribution in [3.63, 3.8) is 0 Å². The first-order chi connectivity index (χ1) is 16.7. The quantitative estimate of drug-likeness (QED) is 0.454. The zero-order chi connectivity index (χ0) is 24.6. The Morgan fingerprint density at radius 2 is 1.94 bits per heavy atom. The summed E-state index contributed by atoms with van der Waals surface area (Å²) < 4.78 is 78.1. The molecule has 36 heavy (non-hydrogen) atoms. The standard InChI is InChI=1S/C23H21F3N4O3S2.ClH/c24-23(25,26)15-1-3-17(20(11-15)14-5-8-27-9-6-14)18-7-10-33-21-12-16(2-4-19(18)21)35(31,32)30-22-28-13-29-34-22;/h1-5,11-13,18,27H,6-10H2,(H,28,29,30);1H. The molecule has 2 N–H and O–H groups in total. The van der Waals surface area contributed by atoms with Gasteiger partial charge in [0, 0.05) is 35.6 Å². The second-order valence-electron chi connectivity index (χ2n) is 8.22. The van der Waals surface area contributed by atoms with Gasteiger partial charge in [0.25, 0.3) is 10.0 Å². The highest BCUT2D eigenvalue weighted by atomic mass is 35.5. The van der Waals surface area contributed by atoms with Gasteiger partial charge in [0.15, 0.2) is 0 Å². The van der Waals surface area contributed by atoms with Gasteiger partial charge in [0.1, 0.15) is 12.1 Å². The van der Waals surface area contributed by atoms with Crippen LogP contribution in [0.5, 0.6) is 5.75 Å². The van der Waals surface area contributed by atoms with E-state index >= 15 is 0 Å². The SMILES string of the molecule is Cl.O=S(=O)(Nc1ncns1)c1ccc2c(c1)OCCC2c1ccc(C(F)(F)F)cc1C1=CCNCC1. The zero-order valence-corrected chi connectivity index (χ0v) is 21.2. The van der Waals surface area contributed by atoms with Crippen molar-refractivity contribution in [2.75, 3.05) is 24.4 Å². The summed E-state index contributed by atoms with van der Waals surface area (Å²) in [4.78, 5) is 3.84. The monoisotopic (exact) mass is 558 g/mol. The Bertz CT molecular complexity index is 1380. The van der Waals surface area contributed by atoms with Crippen LogP contribution in [0.2, 0.25) is 0 Å². The van der Waals surface area contributed by atoms with E-state index in [1.807, 2.05) is 6.08 Å². The van der Waals surface area contributed by atoms with Crippen LogP contribution in [0.4, 0.5) is 18.3 Å². The van der Waals surface area contributed by atoms with Crippen LogP contribution in [0.25, 0.3) is 5.57 Å². The van der Waals surface area contributed by atoms with Crippen molar-refractivity contribution in [2.45, 2.75) is 29.8 Å². The third-order valence-electron chi connectivity index (χ3n) is 6.08. The van der Waals surface area contributed by atoms with E-state index < -0.39 is 21.8 Å². The molecule has 192 valence electrons. The fourth-order valence-electron chi connectivity index (χ4n) is 4.43. The third kappa shape index (κ3) is 5.36. The zero-order valence-electron chi connectivity index (χ0n) is 18.7. The summed E-state index contributed by atoms with van der Waals surface area (Å²) in [6.45, 7) is 1.60. The molecular formula is C23H22ClF3N4O3S2. The summed E-state index contributed by atoms with van der Waals surface area (Å²) in [6.07, 6.45) is -0.0808. The molecule has 2 aliphatic heterocycles. The van der Waals surface area contributed by atoms with Crippen molar-refractivity contribution in [2.24, 2.45) is 0 Å². The molecule has 0 fully saturated rings. The highest BCUT2D eigenvalue weighted by Gasteiger charge is 2.33. The van der Waals surface area contributed by atoms with Gasteiger partial charge < -0.3 is 10.1 Å². The van der Waals surface area contributed by atoms with E-state index in [0.29, 0.717) is 43.9 Å². The first-order valence-electron chi connectivity index (χ1n) is 10.9. The summed E-state index contributed by atoms with van der Waals surface area (Å²) in [5.41, 5.74) is 2.28. The number of nitrogens with one attached hydrogen (secondary N) is 2. The predicted octanol–water partition coefficient (Wildman–Crippen LogP) is 5.07. The van der Waals surface area contributed by atoms with E-state index in [4.69, 9.17) is 4.74 Å². The molecule has 0 saturated carbocycles. The number of fused-ring (bicyclic) bond motifs is 1. The van der Waals surface area contributed by atoms with E-state index in [1.165, 1.54) is 24.5 Å². The van der Waals surface area contributed by atoms with Crippen molar-refractivity contribution in [3.05, 3.63) is 71.1 Å². The van der Waals surface area contributed by atoms with Crippen LogP contribution in [0.3, 0.4) is 0 Å². The highest BCUT2D eigenvalue weighted by Crippen LogP contribution is 2.44. The lowest BCUT2D eigenvalue weighted by atomic mass is 9.81. The number of rotatable bonds is 5. The fourth-order valence-corrected chi connectivity index (χ4v) is 6.11. The fraction of sp³-hybridized carbons (Fsp3) is 0.304. The average Bonchev–Trinajstić information content (AvgIpc) is 3.35. The minimum atomic E-state index is -4.45. The first-order valence-corrected chi connectivity index (χ1v) is 13.2. The van der Waals surface area contributed by atoms with Crippen molar-refractivity contribution < 1.29 is 26.3 Å². The molecule has 3 aromatic rings. The molecule has 0 aliphatic carbocycles. The van der Waals surface area contributed by atoms with Gasteiger partial charge in [-0.25, -0.2) is 13.4 Å². The molecule has 0 bridgehead atoms. The van der Waals surface area contributed by atoms with Gasteiger partial charge in [-0.2, -0.15) is 17.5 Å². The van der Waals surface area contributed by atoms with Crippen LogP contribution in [-0.4, -0.2) is 37.5 Å². The van der Waals surface area contributed by atoms with Gasteiger partial charge in [0.05, 0.1) is 17.1 Å². The molecule has 3 heterocycles. The molecule has 0 radical (unpaired) electrons. The first kappa shape index (κ1) is 26.4. The Balaban J connectivity index is 0.00000304. The molecule has 1 aromatic heterocycles. The van der Waals surface area contributed by atoms with Gasteiger partial charge in [-0.1, -0.05) is 18.2 Å². The maximum absolute atomic E-state index is 13.5. The number of halogens is 4. The minimum Gasteiger partial charge on any atom is -0.493 e. The number of hydrogen-bond acceptors (Lipinski definition) is 7. The van der Waals surface area contributed by atoms with E-state index in [-0.39, 0.29) is 28.4 Å². The van der Waals surface area contributed by atoms with Gasteiger partial charge >= 0.3 is 6.18 Å². The number of hydrogen-bond donors (Lipinski definition) is 2. The lowest BCUT2D eigenvalue weighted by Gasteiger charge is -2.30. The van der Waals surface area contributed by atoms with Gasteiger partial charge in [-0.05, 0) is 54.3 Å². The molecule has 7 nitrogen and oxygen atoms in total. The van der Waals surface area contributed by atoms with Crippen LogP contribution >= 0.6 is 23.9 Å². The maximum atomic E-state index is 13.5. The Morgan fingerprint density at radius 3 is 2.64 bits per heavy atom. The van der Waals surface area contributed by atoms with Crippen LogP contribution in [0, 0.1) is 0 Å². The largest absolute Gasteiger partial charge is 0.493 e. The predicted molar refractivity (Wildman–Crippen MR) is 133 cm³/mol. The molecular weight excluding hydrogens is 537 g/mol. The molecule has 0 saturated heterocycles. The Labute approximate surface area is 216 Å². The number of alkyl halides is 3. The molecule has 1 unspecified atom stereocenters. The summed E-state index contributed by atoms with van der Waals surface area (Å²) >= 11 is 0.916. The number of ether oxygens (including phenoxy) is 1. The second kappa shape index (κ2) is 10.4. The van der Waals surface area contributed by atoms with Crippen molar-refractivity contribution in [3.8, 4) is 5.75 Å².